The molecule has 2 aromatic heterocycles. The van der Waals surface area contributed by atoms with E-state index in [1.807, 2.05) is 41.9 Å². The van der Waals surface area contributed by atoms with Crippen LogP contribution in [0.4, 0.5) is 0 Å². The summed E-state index contributed by atoms with van der Waals surface area (Å²) in [5.74, 6) is 1.20. The lowest BCUT2D eigenvalue weighted by Crippen LogP contribution is -2.27. The second-order valence-electron chi connectivity index (χ2n) is 5.35. The Morgan fingerprint density at radius 3 is 2.72 bits per heavy atom. The first kappa shape index (κ1) is 17.4. The number of nitrogens with zero attached hydrogens (tertiary/aromatic N) is 1. The van der Waals surface area contributed by atoms with Crippen LogP contribution < -0.4 is 14.8 Å². The quantitative estimate of drug-likeness (QED) is 0.696. The molecule has 0 bridgehead atoms. The number of rotatable bonds is 6. The van der Waals surface area contributed by atoms with Crippen molar-refractivity contribution in [3.05, 3.63) is 51.7 Å². The first-order valence-corrected chi connectivity index (χ1v) is 9.45. The molecule has 1 atom stereocenters. The van der Waals surface area contributed by atoms with Gasteiger partial charge in [0.25, 0.3) is 5.91 Å². The fraction of sp³-hybridized carbons (Fsp3) is 0.222. The van der Waals surface area contributed by atoms with Gasteiger partial charge in [-0.2, -0.15) is 11.3 Å². The zero-order valence-corrected chi connectivity index (χ0v) is 15.7. The van der Waals surface area contributed by atoms with Crippen LogP contribution in [0, 0.1) is 0 Å². The minimum atomic E-state index is -0.246. The number of benzene rings is 1. The normalized spacial score (nSPS) is 11.8. The fourth-order valence-electron chi connectivity index (χ4n) is 2.42. The van der Waals surface area contributed by atoms with Crippen molar-refractivity contribution in [1.29, 1.82) is 0 Å². The van der Waals surface area contributed by atoms with E-state index in [1.54, 1.807) is 30.9 Å². The van der Waals surface area contributed by atoms with Crippen LogP contribution in [0.2, 0.25) is 0 Å². The summed E-state index contributed by atoms with van der Waals surface area (Å²) in [4.78, 5) is 17.0. The van der Waals surface area contributed by atoms with E-state index < -0.39 is 0 Å². The summed E-state index contributed by atoms with van der Waals surface area (Å²) in [6.45, 7) is 1.90. The molecule has 1 N–H and O–H groups in total. The van der Waals surface area contributed by atoms with Gasteiger partial charge >= 0.3 is 0 Å². The Bertz CT molecular complexity index is 859. The van der Waals surface area contributed by atoms with E-state index in [1.165, 1.54) is 11.3 Å². The van der Waals surface area contributed by atoms with Crippen molar-refractivity contribution in [2.24, 2.45) is 0 Å². The molecule has 3 aromatic rings. The van der Waals surface area contributed by atoms with Crippen LogP contribution >= 0.6 is 22.7 Å². The zero-order valence-electron chi connectivity index (χ0n) is 14.1. The Morgan fingerprint density at radius 2 is 2.04 bits per heavy atom. The number of methoxy groups -OCH3 is 2. The molecule has 7 heteroatoms. The van der Waals surface area contributed by atoms with Crippen molar-refractivity contribution < 1.29 is 14.3 Å². The Kier molecular flexibility index (Phi) is 5.35. The summed E-state index contributed by atoms with van der Waals surface area (Å²) in [5.41, 5.74) is 2.31. The Balaban J connectivity index is 1.77. The molecule has 1 aromatic carbocycles. The highest BCUT2D eigenvalue weighted by Crippen LogP contribution is 2.30. The van der Waals surface area contributed by atoms with E-state index in [0.29, 0.717) is 17.2 Å². The van der Waals surface area contributed by atoms with Gasteiger partial charge in [-0.25, -0.2) is 4.98 Å². The van der Waals surface area contributed by atoms with Crippen molar-refractivity contribution in [2.75, 3.05) is 14.2 Å². The van der Waals surface area contributed by atoms with Crippen LogP contribution in [0.1, 0.15) is 29.0 Å². The minimum Gasteiger partial charge on any atom is -0.497 e. The maximum Gasteiger partial charge on any atom is 0.271 e. The number of hydrogen-bond donors (Lipinski definition) is 1. The fourth-order valence-corrected chi connectivity index (χ4v) is 3.94. The van der Waals surface area contributed by atoms with Gasteiger partial charge in [-0.3, -0.25) is 4.79 Å². The average molecular weight is 374 g/mol. The molecule has 0 radical (unpaired) electrons. The van der Waals surface area contributed by atoms with Crippen molar-refractivity contribution in [3.63, 3.8) is 0 Å². The zero-order chi connectivity index (χ0) is 17.8. The molecule has 0 spiro atoms. The van der Waals surface area contributed by atoms with Gasteiger partial charge in [-0.05, 0) is 36.6 Å². The lowest BCUT2D eigenvalue weighted by atomic mass is 10.1. The number of carbonyl (C=O) groups excluding carboxylic acids is 1. The van der Waals surface area contributed by atoms with Gasteiger partial charge in [0.05, 0.1) is 20.3 Å². The summed E-state index contributed by atoms with van der Waals surface area (Å²) >= 11 is 3.07. The van der Waals surface area contributed by atoms with E-state index in [-0.39, 0.29) is 11.9 Å². The Morgan fingerprint density at radius 1 is 1.20 bits per heavy atom. The monoisotopic (exact) mass is 374 g/mol. The van der Waals surface area contributed by atoms with Crippen LogP contribution in [-0.2, 0) is 0 Å². The van der Waals surface area contributed by atoms with Crippen LogP contribution in [0.3, 0.4) is 0 Å². The maximum absolute atomic E-state index is 12.5. The van der Waals surface area contributed by atoms with Gasteiger partial charge in [-0.15, -0.1) is 11.3 Å². The molecule has 0 unspecified atom stereocenters. The number of amides is 1. The smallest absolute Gasteiger partial charge is 0.271 e. The Labute approximate surface area is 154 Å². The van der Waals surface area contributed by atoms with E-state index >= 15 is 0 Å². The van der Waals surface area contributed by atoms with E-state index in [2.05, 4.69) is 10.3 Å². The number of aromatic nitrogens is 1. The van der Waals surface area contributed by atoms with E-state index in [9.17, 15) is 4.79 Å². The number of thiophene rings is 1. The lowest BCUT2D eigenvalue weighted by Gasteiger charge is -2.17. The molecule has 130 valence electrons. The molecule has 25 heavy (non-hydrogen) atoms. The first-order chi connectivity index (χ1) is 12.1. The standard InChI is InChI=1S/C18H18N2O3S2/c1-11(14-8-13(22-2)4-5-16(14)23-3)19-17(21)15-10-25-18(20-15)12-6-7-24-9-12/h4-11H,1-3H3,(H,19,21)/t11-/m0/s1. The number of nitrogens with one attached hydrogen (secondary N) is 1. The molecule has 0 saturated heterocycles. The minimum absolute atomic E-state index is 0.213. The molecular weight excluding hydrogens is 356 g/mol. The number of hydrogen-bond acceptors (Lipinski definition) is 6. The summed E-state index contributed by atoms with van der Waals surface area (Å²) in [7, 11) is 3.21. The van der Waals surface area contributed by atoms with Crippen molar-refractivity contribution >= 4 is 28.6 Å². The van der Waals surface area contributed by atoms with Gasteiger partial charge in [0, 0.05) is 21.9 Å². The molecular formula is C18H18N2O3S2. The van der Waals surface area contributed by atoms with Crippen LogP contribution in [-0.4, -0.2) is 25.1 Å². The molecule has 0 aliphatic heterocycles. The second-order valence-corrected chi connectivity index (χ2v) is 6.99. The van der Waals surface area contributed by atoms with Crippen molar-refractivity contribution in [1.82, 2.24) is 10.3 Å². The molecule has 1 amide bonds. The van der Waals surface area contributed by atoms with Crippen LogP contribution in [0.15, 0.2) is 40.4 Å². The molecule has 0 aliphatic rings. The third-order valence-electron chi connectivity index (χ3n) is 3.76. The van der Waals surface area contributed by atoms with Gasteiger partial charge in [0.15, 0.2) is 0 Å². The predicted molar refractivity (Wildman–Crippen MR) is 101 cm³/mol. The summed E-state index contributed by atoms with van der Waals surface area (Å²) < 4.78 is 10.6. The third-order valence-corrected chi connectivity index (χ3v) is 5.33. The van der Waals surface area contributed by atoms with E-state index in [0.717, 1.165) is 16.1 Å². The van der Waals surface area contributed by atoms with Crippen molar-refractivity contribution in [2.45, 2.75) is 13.0 Å². The van der Waals surface area contributed by atoms with Gasteiger partial charge in [0.2, 0.25) is 0 Å². The van der Waals surface area contributed by atoms with Crippen molar-refractivity contribution in [3.8, 4) is 22.1 Å². The highest BCUT2D eigenvalue weighted by molar-refractivity contribution is 7.14. The molecule has 3 rings (SSSR count). The largest absolute Gasteiger partial charge is 0.497 e. The van der Waals surface area contributed by atoms with Crippen LogP contribution in [0.5, 0.6) is 11.5 Å². The molecule has 2 heterocycles. The van der Waals surface area contributed by atoms with Gasteiger partial charge < -0.3 is 14.8 Å². The summed E-state index contributed by atoms with van der Waals surface area (Å²) in [6.07, 6.45) is 0. The van der Waals surface area contributed by atoms with E-state index in [4.69, 9.17) is 9.47 Å². The highest BCUT2D eigenvalue weighted by atomic mass is 32.1. The molecule has 0 fully saturated rings. The Hall–Kier alpha value is -2.38. The lowest BCUT2D eigenvalue weighted by molar-refractivity contribution is 0.0935. The average Bonchev–Trinajstić information content (AvgIpc) is 3.32. The number of thiazole rings is 1. The first-order valence-electron chi connectivity index (χ1n) is 7.63. The topological polar surface area (TPSA) is 60.5 Å². The third kappa shape index (κ3) is 3.83. The number of carbonyl (C=O) groups is 1. The maximum atomic E-state index is 12.5. The number of ether oxygens (including phenoxy) is 2. The molecule has 0 saturated carbocycles. The SMILES string of the molecule is COc1ccc(OC)c([C@H](C)NC(=O)c2csc(-c3ccsc3)n2)c1. The molecule has 0 aliphatic carbocycles. The van der Waals surface area contributed by atoms with Gasteiger partial charge in [0.1, 0.15) is 22.2 Å². The summed E-state index contributed by atoms with van der Waals surface area (Å²) in [5, 5.41) is 9.60. The molecule has 5 nitrogen and oxygen atoms in total. The predicted octanol–water partition coefficient (Wildman–Crippen LogP) is 4.38. The van der Waals surface area contributed by atoms with Crippen LogP contribution in [0.25, 0.3) is 10.6 Å². The highest BCUT2D eigenvalue weighted by Gasteiger charge is 2.18. The van der Waals surface area contributed by atoms with Gasteiger partial charge in [-0.1, -0.05) is 0 Å². The summed E-state index contributed by atoms with van der Waals surface area (Å²) in [6, 6.07) is 7.26. The second kappa shape index (κ2) is 7.67.